The summed E-state index contributed by atoms with van der Waals surface area (Å²) in [7, 11) is 1.67. The molecule has 1 heterocycles. The smallest absolute Gasteiger partial charge is 0.387 e. The van der Waals surface area contributed by atoms with Crippen molar-refractivity contribution in [2.24, 2.45) is 4.99 Å². The van der Waals surface area contributed by atoms with Crippen LogP contribution in [-0.2, 0) is 17.8 Å². The van der Waals surface area contributed by atoms with Crippen LogP contribution in [0.5, 0.6) is 11.5 Å². The molecule has 0 bridgehead atoms. The fraction of sp³-hybridized carbons (Fsp3) is 0.409. The van der Waals surface area contributed by atoms with Crippen LogP contribution in [0.2, 0.25) is 0 Å². The number of halogens is 2. The van der Waals surface area contributed by atoms with Crippen molar-refractivity contribution in [2.45, 2.75) is 39.1 Å². The summed E-state index contributed by atoms with van der Waals surface area (Å²) in [5.41, 5.74) is 2.94. The van der Waals surface area contributed by atoms with Crippen molar-refractivity contribution in [1.82, 2.24) is 10.6 Å². The molecule has 1 aliphatic rings. The van der Waals surface area contributed by atoms with Gasteiger partial charge in [-0.25, -0.2) is 0 Å². The maximum Gasteiger partial charge on any atom is 0.387 e. The van der Waals surface area contributed by atoms with Gasteiger partial charge in [-0.15, -0.1) is 0 Å². The summed E-state index contributed by atoms with van der Waals surface area (Å²) >= 11 is 0. The zero-order valence-electron chi connectivity index (χ0n) is 17.2. The van der Waals surface area contributed by atoms with Crippen LogP contribution in [0, 0.1) is 6.92 Å². The maximum absolute atomic E-state index is 12.4. The zero-order chi connectivity index (χ0) is 21.3. The van der Waals surface area contributed by atoms with Crippen molar-refractivity contribution in [1.29, 1.82) is 0 Å². The first-order valence-electron chi connectivity index (χ1n) is 9.85. The Morgan fingerprint density at radius 3 is 2.77 bits per heavy atom. The van der Waals surface area contributed by atoms with E-state index in [0.29, 0.717) is 25.7 Å². The number of aliphatic imine (C=N–C) groups is 1. The summed E-state index contributed by atoms with van der Waals surface area (Å²) in [4.78, 5) is 4.22. The Morgan fingerprint density at radius 1 is 1.20 bits per heavy atom. The van der Waals surface area contributed by atoms with E-state index in [9.17, 15) is 8.78 Å². The van der Waals surface area contributed by atoms with Gasteiger partial charge in [-0.2, -0.15) is 8.78 Å². The number of hydrogen-bond acceptors (Lipinski definition) is 4. The van der Waals surface area contributed by atoms with Gasteiger partial charge in [-0.1, -0.05) is 24.3 Å². The second kappa shape index (κ2) is 10.8. The van der Waals surface area contributed by atoms with Crippen LogP contribution < -0.4 is 20.1 Å². The summed E-state index contributed by atoms with van der Waals surface area (Å²) in [6, 6.07) is 12.7. The molecule has 8 heteroatoms. The molecule has 162 valence electrons. The minimum atomic E-state index is -2.84. The molecule has 1 aliphatic heterocycles. The molecular weight excluding hydrogens is 392 g/mol. The lowest BCUT2D eigenvalue weighted by atomic mass is 10.1. The molecule has 0 radical (unpaired) electrons. The van der Waals surface area contributed by atoms with Crippen LogP contribution in [0.4, 0.5) is 8.78 Å². The maximum atomic E-state index is 12.4. The van der Waals surface area contributed by atoms with Gasteiger partial charge >= 0.3 is 6.61 Å². The Hall–Kier alpha value is -2.87. The quantitative estimate of drug-likeness (QED) is 0.505. The second-order valence-corrected chi connectivity index (χ2v) is 7.02. The molecule has 1 atom stereocenters. The lowest BCUT2D eigenvalue weighted by Gasteiger charge is -2.18. The largest absolute Gasteiger partial charge is 0.488 e. The number of ether oxygens (including phenoxy) is 3. The number of hydrogen-bond donors (Lipinski definition) is 2. The minimum Gasteiger partial charge on any atom is -0.488 e. The third-order valence-electron chi connectivity index (χ3n) is 4.66. The first-order valence-corrected chi connectivity index (χ1v) is 9.85. The zero-order valence-corrected chi connectivity index (χ0v) is 17.2. The van der Waals surface area contributed by atoms with Gasteiger partial charge in [0.25, 0.3) is 0 Å². The van der Waals surface area contributed by atoms with Gasteiger partial charge < -0.3 is 24.8 Å². The Morgan fingerprint density at radius 2 is 2.03 bits per heavy atom. The van der Waals surface area contributed by atoms with Crippen molar-refractivity contribution >= 4 is 5.96 Å². The molecule has 0 amide bonds. The molecule has 2 aromatic rings. The molecule has 2 aromatic carbocycles. The lowest BCUT2D eigenvalue weighted by molar-refractivity contribution is -0.0498. The summed E-state index contributed by atoms with van der Waals surface area (Å²) < 4.78 is 40.7. The van der Waals surface area contributed by atoms with Crippen molar-refractivity contribution in [3.63, 3.8) is 0 Å². The number of rotatable bonds is 8. The summed E-state index contributed by atoms with van der Waals surface area (Å²) in [6.45, 7) is 1.46. The highest BCUT2D eigenvalue weighted by atomic mass is 19.3. The average Bonchev–Trinajstić information content (AvgIpc) is 3.22. The molecule has 1 saturated heterocycles. The van der Waals surface area contributed by atoms with Gasteiger partial charge in [-0.3, -0.25) is 4.99 Å². The predicted molar refractivity (Wildman–Crippen MR) is 111 cm³/mol. The fourth-order valence-corrected chi connectivity index (χ4v) is 3.12. The highest BCUT2D eigenvalue weighted by Crippen LogP contribution is 2.24. The molecule has 0 spiro atoms. The third-order valence-corrected chi connectivity index (χ3v) is 4.66. The van der Waals surface area contributed by atoms with Crippen LogP contribution in [0.15, 0.2) is 47.5 Å². The van der Waals surface area contributed by atoms with Crippen LogP contribution in [0.1, 0.15) is 23.1 Å². The van der Waals surface area contributed by atoms with Crippen molar-refractivity contribution in [3.8, 4) is 11.5 Å². The number of guanidine groups is 1. The van der Waals surface area contributed by atoms with Crippen LogP contribution in [0.25, 0.3) is 0 Å². The van der Waals surface area contributed by atoms with E-state index in [4.69, 9.17) is 9.47 Å². The van der Waals surface area contributed by atoms with E-state index in [1.54, 1.807) is 19.2 Å². The van der Waals surface area contributed by atoms with E-state index >= 15 is 0 Å². The van der Waals surface area contributed by atoms with Gasteiger partial charge in [0.05, 0.1) is 13.2 Å². The third kappa shape index (κ3) is 6.59. The summed E-state index contributed by atoms with van der Waals surface area (Å²) in [5.74, 6) is 1.56. The lowest BCUT2D eigenvalue weighted by Crippen LogP contribution is -2.36. The molecule has 2 N–H and O–H groups in total. The van der Waals surface area contributed by atoms with Crippen LogP contribution in [0.3, 0.4) is 0 Å². The standard InChI is InChI=1S/C22H27F2N3O3/c1-15-6-7-17(20(10-15)29-19-8-9-28-14-19)13-27-22(25-2)26-12-16-4-3-5-18(11-16)30-21(23)24/h3-7,10-11,19,21H,8-9,12-14H2,1-2H3,(H2,25,26,27). The van der Waals surface area contributed by atoms with E-state index in [1.807, 2.05) is 31.2 Å². The van der Waals surface area contributed by atoms with Gasteiger partial charge in [0.1, 0.15) is 17.6 Å². The van der Waals surface area contributed by atoms with E-state index in [2.05, 4.69) is 20.4 Å². The van der Waals surface area contributed by atoms with Gasteiger partial charge in [0.15, 0.2) is 5.96 Å². The van der Waals surface area contributed by atoms with Gasteiger partial charge in [0.2, 0.25) is 0 Å². The molecule has 6 nitrogen and oxygen atoms in total. The van der Waals surface area contributed by atoms with Crippen molar-refractivity contribution in [2.75, 3.05) is 20.3 Å². The molecule has 1 unspecified atom stereocenters. The average molecular weight is 419 g/mol. The van der Waals surface area contributed by atoms with Crippen molar-refractivity contribution in [3.05, 3.63) is 59.2 Å². The first-order chi connectivity index (χ1) is 14.5. The van der Waals surface area contributed by atoms with E-state index < -0.39 is 6.61 Å². The Labute approximate surface area is 175 Å². The number of alkyl halides is 2. The monoisotopic (exact) mass is 419 g/mol. The van der Waals surface area contributed by atoms with E-state index in [1.165, 1.54) is 6.07 Å². The normalized spacial score (nSPS) is 16.6. The highest BCUT2D eigenvalue weighted by molar-refractivity contribution is 5.79. The highest BCUT2D eigenvalue weighted by Gasteiger charge is 2.18. The second-order valence-electron chi connectivity index (χ2n) is 7.02. The fourth-order valence-electron chi connectivity index (χ4n) is 3.12. The molecule has 0 aromatic heterocycles. The van der Waals surface area contributed by atoms with Crippen LogP contribution in [-0.4, -0.2) is 38.9 Å². The molecule has 30 heavy (non-hydrogen) atoms. The number of benzene rings is 2. The SMILES string of the molecule is CN=C(NCc1cccc(OC(F)F)c1)NCc1ccc(C)cc1OC1CCOC1. The van der Waals surface area contributed by atoms with Gasteiger partial charge in [0, 0.05) is 32.1 Å². The summed E-state index contributed by atoms with van der Waals surface area (Å²) in [6.07, 6.45) is 0.962. The molecular formula is C22H27F2N3O3. The number of nitrogens with one attached hydrogen (secondary N) is 2. The van der Waals surface area contributed by atoms with Crippen molar-refractivity contribution < 1.29 is 23.0 Å². The van der Waals surface area contributed by atoms with Gasteiger partial charge in [-0.05, 0) is 36.2 Å². The van der Waals surface area contributed by atoms with Crippen LogP contribution >= 0.6 is 0 Å². The first kappa shape index (κ1) is 21.8. The molecule has 3 rings (SSSR count). The number of aryl methyl sites for hydroxylation is 1. The van der Waals surface area contributed by atoms with E-state index in [-0.39, 0.29) is 11.9 Å². The summed E-state index contributed by atoms with van der Waals surface area (Å²) in [5, 5.41) is 6.44. The molecule has 0 saturated carbocycles. The number of nitrogens with zero attached hydrogens (tertiary/aromatic N) is 1. The minimum absolute atomic E-state index is 0.0747. The topological polar surface area (TPSA) is 64.1 Å². The Balaban J connectivity index is 1.57. The molecule has 0 aliphatic carbocycles. The Bertz CT molecular complexity index is 855. The van der Waals surface area contributed by atoms with E-state index in [0.717, 1.165) is 35.5 Å². The molecule has 1 fully saturated rings. The Kier molecular flexibility index (Phi) is 7.84. The predicted octanol–water partition coefficient (Wildman–Crippen LogP) is 3.63.